The summed E-state index contributed by atoms with van der Waals surface area (Å²) in [6.07, 6.45) is 11.0. The van der Waals surface area contributed by atoms with Gasteiger partial charge in [-0.05, 0) is 43.4 Å². The van der Waals surface area contributed by atoms with E-state index in [0.717, 1.165) is 45.1 Å². The molecular weight excluding hydrogens is 340 g/mol. The number of rotatable bonds is 6. The van der Waals surface area contributed by atoms with Gasteiger partial charge in [-0.1, -0.05) is 32.9 Å². The smallest absolute Gasteiger partial charge is 0.306 e. The fraction of sp³-hybridized carbons (Fsp3) is 0.783. The van der Waals surface area contributed by atoms with E-state index in [1.54, 1.807) is 0 Å². The number of carbonyl (C=O) groups is 1. The molecule has 0 radical (unpaired) electrons. The number of allylic oxidation sites excluding steroid dienone is 1. The van der Waals surface area contributed by atoms with Crippen molar-refractivity contribution in [3.63, 3.8) is 0 Å². The van der Waals surface area contributed by atoms with Crippen LogP contribution in [0.1, 0.15) is 65.7 Å². The van der Waals surface area contributed by atoms with Crippen LogP contribution in [0.15, 0.2) is 12.2 Å². The molecule has 3 aliphatic rings. The predicted octanol–water partition coefficient (Wildman–Crippen LogP) is 4.48. The molecule has 0 bridgehead atoms. The minimum atomic E-state index is -0.111. The second kappa shape index (κ2) is 9.75. The standard InChI is InChI=1S/C23H34O4/c1-4-5-6-9-16(2)20(27-23-10-7-8-13-25-23)12-11-18-17(3)14-21-19(18)15-22(24)26-21/h11-12,16-21,23H,4,7-10,13-15H2,1-3H3/b12-11+/t16-,17+,18-,19+,20?,21-,23?/m0/s1. The zero-order valence-corrected chi connectivity index (χ0v) is 17.0. The number of carbonyl (C=O) groups excluding carboxylic acids is 1. The fourth-order valence-electron chi connectivity index (χ4n) is 4.59. The van der Waals surface area contributed by atoms with Crippen LogP contribution in [0, 0.1) is 35.5 Å². The van der Waals surface area contributed by atoms with Crippen molar-refractivity contribution in [2.75, 3.05) is 6.61 Å². The van der Waals surface area contributed by atoms with Gasteiger partial charge in [0.25, 0.3) is 0 Å². The first-order valence-corrected chi connectivity index (χ1v) is 10.7. The van der Waals surface area contributed by atoms with Crippen molar-refractivity contribution in [2.24, 2.45) is 23.7 Å². The van der Waals surface area contributed by atoms with Crippen molar-refractivity contribution in [1.29, 1.82) is 0 Å². The highest BCUT2D eigenvalue weighted by molar-refractivity contribution is 5.72. The second-order valence-electron chi connectivity index (χ2n) is 8.36. The Morgan fingerprint density at radius 3 is 2.93 bits per heavy atom. The van der Waals surface area contributed by atoms with Crippen LogP contribution in [-0.2, 0) is 19.0 Å². The molecule has 0 aromatic carbocycles. The minimum Gasteiger partial charge on any atom is -0.462 e. The van der Waals surface area contributed by atoms with Crippen molar-refractivity contribution in [1.82, 2.24) is 0 Å². The van der Waals surface area contributed by atoms with Crippen LogP contribution in [0.25, 0.3) is 0 Å². The predicted molar refractivity (Wildman–Crippen MR) is 105 cm³/mol. The van der Waals surface area contributed by atoms with E-state index < -0.39 is 0 Å². The third-order valence-corrected chi connectivity index (χ3v) is 6.17. The molecule has 1 saturated carbocycles. The van der Waals surface area contributed by atoms with Gasteiger partial charge in [0.15, 0.2) is 6.29 Å². The Bertz CT molecular complexity index is 581. The molecule has 2 unspecified atom stereocenters. The van der Waals surface area contributed by atoms with Gasteiger partial charge in [0.05, 0.1) is 12.5 Å². The largest absolute Gasteiger partial charge is 0.462 e. The quantitative estimate of drug-likeness (QED) is 0.391. The van der Waals surface area contributed by atoms with Gasteiger partial charge in [0.1, 0.15) is 6.10 Å². The summed E-state index contributed by atoms with van der Waals surface area (Å²) in [4.78, 5) is 11.7. The van der Waals surface area contributed by atoms with E-state index >= 15 is 0 Å². The summed E-state index contributed by atoms with van der Waals surface area (Å²) in [5.41, 5.74) is 0. The first-order valence-electron chi connectivity index (χ1n) is 10.7. The Hall–Kier alpha value is -1.31. The summed E-state index contributed by atoms with van der Waals surface area (Å²) in [5.74, 6) is 7.93. The molecule has 2 aliphatic heterocycles. The number of esters is 1. The van der Waals surface area contributed by atoms with Crippen molar-refractivity contribution >= 4 is 5.97 Å². The van der Waals surface area contributed by atoms with E-state index in [2.05, 4.69) is 44.8 Å². The Balaban J connectivity index is 1.67. The van der Waals surface area contributed by atoms with Gasteiger partial charge in [-0.2, -0.15) is 0 Å². The average molecular weight is 375 g/mol. The maximum absolute atomic E-state index is 11.7. The number of hydrogen-bond donors (Lipinski definition) is 0. The highest BCUT2D eigenvalue weighted by Crippen LogP contribution is 2.45. The van der Waals surface area contributed by atoms with E-state index in [4.69, 9.17) is 14.2 Å². The molecule has 3 fully saturated rings. The van der Waals surface area contributed by atoms with Crippen LogP contribution in [0.3, 0.4) is 0 Å². The highest BCUT2D eigenvalue weighted by Gasteiger charge is 2.47. The number of ether oxygens (including phenoxy) is 3. The number of fused-ring (bicyclic) bond motifs is 1. The second-order valence-corrected chi connectivity index (χ2v) is 8.36. The van der Waals surface area contributed by atoms with Gasteiger partial charge in [-0.15, -0.1) is 11.8 Å². The normalized spacial score (nSPS) is 35.4. The minimum absolute atomic E-state index is 0.0106. The molecule has 1 aliphatic carbocycles. The maximum Gasteiger partial charge on any atom is 0.306 e. The van der Waals surface area contributed by atoms with Crippen molar-refractivity contribution in [3.05, 3.63) is 12.2 Å². The molecular formula is C23H34O4. The molecule has 7 atom stereocenters. The molecule has 0 aromatic heterocycles. The van der Waals surface area contributed by atoms with Crippen molar-refractivity contribution in [2.45, 2.75) is 84.2 Å². The van der Waals surface area contributed by atoms with Crippen LogP contribution in [0.4, 0.5) is 0 Å². The first-order chi connectivity index (χ1) is 13.1. The lowest BCUT2D eigenvalue weighted by Crippen LogP contribution is -2.30. The van der Waals surface area contributed by atoms with Gasteiger partial charge in [-0.25, -0.2) is 0 Å². The highest BCUT2D eigenvalue weighted by atomic mass is 16.7. The van der Waals surface area contributed by atoms with Gasteiger partial charge in [0, 0.05) is 25.4 Å². The topological polar surface area (TPSA) is 44.8 Å². The molecule has 4 heteroatoms. The third kappa shape index (κ3) is 5.36. The van der Waals surface area contributed by atoms with E-state index in [0.29, 0.717) is 30.1 Å². The van der Waals surface area contributed by atoms with Crippen molar-refractivity contribution < 1.29 is 19.0 Å². The molecule has 0 aromatic rings. The van der Waals surface area contributed by atoms with Crippen molar-refractivity contribution in [3.8, 4) is 11.8 Å². The Morgan fingerprint density at radius 1 is 1.33 bits per heavy atom. The Kier molecular flexibility index (Phi) is 7.38. The van der Waals surface area contributed by atoms with Gasteiger partial charge >= 0.3 is 5.97 Å². The Morgan fingerprint density at radius 2 is 2.19 bits per heavy atom. The zero-order chi connectivity index (χ0) is 19.2. The lowest BCUT2D eigenvalue weighted by molar-refractivity contribution is -0.186. The zero-order valence-electron chi connectivity index (χ0n) is 17.0. The molecule has 0 amide bonds. The van der Waals surface area contributed by atoms with E-state index in [9.17, 15) is 4.79 Å². The Labute approximate surface area is 164 Å². The lowest BCUT2D eigenvalue weighted by Gasteiger charge is -2.29. The summed E-state index contributed by atoms with van der Waals surface area (Å²) in [6.45, 7) is 7.32. The molecule has 0 N–H and O–H groups in total. The fourth-order valence-corrected chi connectivity index (χ4v) is 4.59. The van der Waals surface area contributed by atoms with Gasteiger partial charge < -0.3 is 14.2 Å². The third-order valence-electron chi connectivity index (χ3n) is 6.17. The van der Waals surface area contributed by atoms with Crippen LogP contribution < -0.4 is 0 Å². The molecule has 2 heterocycles. The maximum atomic E-state index is 11.7. The molecule has 150 valence electrons. The van der Waals surface area contributed by atoms with Gasteiger partial charge in [-0.3, -0.25) is 4.79 Å². The van der Waals surface area contributed by atoms with Crippen LogP contribution in [-0.4, -0.2) is 31.1 Å². The molecule has 0 spiro atoms. The number of hydrogen-bond acceptors (Lipinski definition) is 4. The summed E-state index contributed by atoms with van der Waals surface area (Å²) in [7, 11) is 0. The monoisotopic (exact) mass is 374 g/mol. The molecule has 4 nitrogen and oxygen atoms in total. The summed E-state index contributed by atoms with van der Waals surface area (Å²) < 4.78 is 17.6. The van der Waals surface area contributed by atoms with E-state index in [1.165, 1.54) is 0 Å². The van der Waals surface area contributed by atoms with Crippen LogP contribution >= 0.6 is 0 Å². The van der Waals surface area contributed by atoms with Crippen LogP contribution in [0.2, 0.25) is 0 Å². The summed E-state index contributed by atoms with van der Waals surface area (Å²) >= 11 is 0. The van der Waals surface area contributed by atoms with Gasteiger partial charge in [0.2, 0.25) is 0 Å². The summed E-state index contributed by atoms with van der Waals surface area (Å²) in [5, 5.41) is 0. The summed E-state index contributed by atoms with van der Waals surface area (Å²) in [6, 6.07) is 0. The lowest BCUT2D eigenvalue weighted by atomic mass is 9.87. The molecule has 2 saturated heterocycles. The van der Waals surface area contributed by atoms with Crippen LogP contribution in [0.5, 0.6) is 0 Å². The van der Waals surface area contributed by atoms with E-state index in [-0.39, 0.29) is 24.5 Å². The SMILES string of the molecule is CCC#CC[C@H](C)C(/C=C/[C@@H]1[C@H]2CC(=O)O[C@H]2C[C@H]1C)OC1CCCCO1. The first kappa shape index (κ1) is 20.4. The average Bonchev–Trinajstić information content (AvgIpc) is 3.14. The van der Waals surface area contributed by atoms with E-state index in [1.807, 2.05) is 0 Å². The molecule has 27 heavy (non-hydrogen) atoms. The molecule has 3 rings (SSSR count).